The Hall–Kier alpha value is -0.0400. The van der Waals surface area contributed by atoms with Gasteiger partial charge in [0, 0.05) is 0 Å². The molecule has 0 aliphatic heterocycles. The average molecular weight is 305 g/mol. The highest BCUT2D eigenvalue weighted by molar-refractivity contribution is 5.09. The molecule has 0 radical (unpaired) electrons. The topological polar surface area (TPSA) is 20.2 Å². The summed E-state index contributed by atoms with van der Waals surface area (Å²) < 4.78 is 0. The zero-order chi connectivity index (χ0) is 15.8. The summed E-state index contributed by atoms with van der Waals surface area (Å²) in [5, 5.41) is 10.5. The van der Waals surface area contributed by atoms with Crippen LogP contribution in [-0.4, -0.2) is 10.7 Å². The van der Waals surface area contributed by atoms with Crippen molar-refractivity contribution >= 4 is 0 Å². The quantitative estimate of drug-likeness (QED) is 0.634. The van der Waals surface area contributed by atoms with Gasteiger partial charge >= 0.3 is 0 Å². The standard InChI is InChI=1S/C21H36O/c1-19(2)10-9-18-17-6-5-14-13-20(3,22)11-7-15(14)16(17)8-12-21(18,19)4/h14-18,22H,5-13H2,1-4H3/t14-,15-,16+,17+,18-,20+,21-/m0/s1. The van der Waals surface area contributed by atoms with Crippen LogP contribution in [0.4, 0.5) is 0 Å². The fourth-order valence-electron chi connectivity index (χ4n) is 7.58. The molecule has 4 saturated carbocycles. The average Bonchev–Trinajstić information content (AvgIpc) is 2.68. The lowest BCUT2D eigenvalue weighted by Crippen LogP contribution is -2.51. The molecule has 0 amide bonds. The van der Waals surface area contributed by atoms with Crippen LogP contribution in [0.2, 0.25) is 0 Å². The fourth-order valence-corrected chi connectivity index (χ4v) is 7.58. The molecular formula is C21H36O. The predicted octanol–water partition coefficient (Wildman–Crippen LogP) is 5.42. The lowest BCUT2D eigenvalue weighted by Gasteiger charge is -2.58. The van der Waals surface area contributed by atoms with Crippen LogP contribution in [0.15, 0.2) is 0 Å². The molecule has 4 aliphatic rings. The molecule has 1 heteroatoms. The van der Waals surface area contributed by atoms with Crippen LogP contribution in [0.1, 0.15) is 85.5 Å². The maximum absolute atomic E-state index is 10.5. The Morgan fingerprint density at radius 2 is 1.45 bits per heavy atom. The number of aliphatic hydroxyl groups is 1. The van der Waals surface area contributed by atoms with Crippen LogP contribution < -0.4 is 0 Å². The Morgan fingerprint density at radius 3 is 2.23 bits per heavy atom. The van der Waals surface area contributed by atoms with Gasteiger partial charge in [-0.3, -0.25) is 0 Å². The molecule has 22 heavy (non-hydrogen) atoms. The minimum absolute atomic E-state index is 0.369. The third-order valence-corrected chi connectivity index (χ3v) is 9.25. The first-order chi connectivity index (χ1) is 10.2. The lowest BCUT2D eigenvalue weighted by atomic mass is 9.47. The van der Waals surface area contributed by atoms with Crippen molar-refractivity contribution in [2.75, 3.05) is 0 Å². The summed E-state index contributed by atoms with van der Waals surface area (Å²) in [5.74, 6) is 4.74. The monoisotopic (exact) mass is 304 g/mol. The molecule has 4 aliphatic carbocycles. The molecule has 1 nitrogen and oxygen atoms in total. The van der Waals surface area contributed by atoms with Crippen molar-refractivity contribution < 1.29 is 5.11 Å². The molecule has 0 bridgehead atoms. The van der Waals surface area contributed by atoms with Gasteiger partial charge in [-0.1, -0.05) is 20.8 Å². The van der Waals surface area contributed by atoms with E-state index < -0.39 is 0 Å². The number of hydrogen-bond donors (Lipinski definition) is 1. The molecule has 7 atom stereocenters. The third-order valence-electron chi connectivity index (χ3n) is 9.25. The van der Waals surface area contributed by atoms with E-state index in [1.54, 1.807) is 0 Å². The largest absolute Gasteiger partial charge is 0.390 e. The van der Waals surface area contributed by atoms with Crippen molar-refractivity contribution in [3.63, 3.8) is 0 Å². The Balaban J connectivity index is 1.57. The first-order valence-electron chi connectivity index (χ1n) is 9.96. The third kappa shape index (κ3) is 2.06. The Labute approximate surface area is 137 Å². The van der Waals surface area contributed by atoms with E-state index in [0.717, 1.165) is 42.4 Å². The summed E-state index contributed by atoms with van der Waals surface area (Å²) in [4.78, 5) is 0. The summed E-state index contributed by atoms with van der Waals surface area (Å²) in [6.07, 6.45) is 12.1. The van der Waals surface area contributed by atoms with Crippen molar-refractivity contribution in [3.8, 4) is 0 Å². The summed E-state index contributed by atoms with van der Waals surface area (Å²) in [7, 11) is 0. The fraction of sp³-hybridized carbons (Fsp3) is 1.00. The van der Waals surface area contributed by atoms with Gasteiger partial charge in [0.05, 0.1) is 5.60 Å². The summed E-state index contributed by atoms with van der Waals surface area (Å²) in [6.45, 7) is 9.78. The van der Waals surface area contributed by atoms with E-state index in [4.69, 9.17) is 0 Å². The van der Waals surface area contributed by atoms with Gasteiger partial charge in [-0.05, 0) is 105 Å². The van der Waals surface area contributed by atoms with Gasteiger partial charge < -0.3 is 5.11 Å². The van der Waals surface area contributed by atoms with E-state index in [1.165, 1.54) is 44.9 Å². The predicted molar refractivity (Wildman–Crippen MR) is 91.5 cm³/mol. The van der Waals surface area contributed by atoms with E-state index in [1.807, 2.05) is 0 Å². The normalized spacial score (nSPS) is 56.9. The lowest BCUT2D eigenvalue weighted by molar-refractivity contribution is -0.108. The maximum Gasteiger partial charge on any atom is 0.0622 e. The highest BCUT2D eigenvalue weighted by atomic mass is 16.3. The number of rotatable bonds is 0. The highest BCUT2D eigenvalue weighted by Gasteiger charge is 2.59. The van der Waals surface area contributed by atoms with Gasteiger partial charge in [-0.2, -0.15) is 0 Å². The second-order valence-corrected chi connectivity index (χ2v) is 10.6. The summed E-state index contributed by atoms with van der Waals surface area (Å²) in [5.41, 5.74) is 0.781. The summed E-state index contributed by atoms with van der Waals surface area (Å²) >= 11 is 0. The van der Waals surface area contributed by atoms with Crippen LogP contribution in [0.5, 0.6) is 0 Å². The van der Waals surface area contributed by atoms with E-state index in [9.17, 15) is 5.11 Å². The van der Waals surface area contributed by atoms with Crippen LogP contribution >= 0.6 is 0 Å². The minimum atomic E-state index is -0.369. The van der Waals surface area contributed by atoms with Crippen molar-refractivity contribution in [2.24, 2.45) is 40.4 Å². The molecule has 4 rings (SSSR count). The van der Waals surface area contributed by atoms with E-state index in [0.29, 0.717) is 10.8 Å². The van der Waals surface area contributed by atoms with Gasteiger partial charge in [0.1, 0.15) is 0 Å². The molecular weight excluding hydrogens is 268 g/mol. The molecule has 0 aromatic heterocycles. The molecule has 0 heterocycles. The van der Waals surface area contributed by atoms with Crippen LogP contribution in [0.25, 0.3) is 0 Å². The highest BCUT2D eigenvalue weighted by Crippen LogP contribution is 2.68. The Bertz CT molecular complexity index is 451. The van der Waals surface area contributed by atoms with Crippen LogP contribution in [0.3, 0.4) is 0 Å². The summed E-state index contributed by atoms with van der Waals surface area (Å²) in [6, 6.07) is 0. The smallest absolute Gasteiger partial charge is 0.0622 e. The molecule has 126 valence electrons. The van der Waals surface area contributed by atoms with Crippen molar-refractivity contribution in [1.29, 1.82) is 0 Å². The Morgan fingerprint density at radius 1 is 0.727 bits per heavy atom. The maximum atomic E-state index is 10.5. The van der Waals surface area contributed by atoms with Crippen LogP contribution in [0, 0.1) is 40.4 Å². The van der Waals surface area contributed by atoms with Gasteiger partial charge in [0.2, 0.25) is 0 Å². The van der Waals surface area contributed by atoms with Gasteiger partial charge in [0.15, 0.2) is 0 Å². The molecule has 0 unspecified atom stereocenters. The van der Waals surface area contributed by atoms with Crippen LogP contribution in [-0.2, 0) is 0 Å². The zero-order valence-electron chi connectivity index (χ0n) is 15.2. The number of hydrogen-bond acceptors (Lipinski definition) is 1. The SMILES string of the molecule is CC1(C)CC[C@H]2[C@@H]3CC[C@H]4C[C@](C)(O)CC[C@@H]4[C@H]3CC[C@@]21C. The van der Waals surface area contributed by atoms with Gasteiger partial charge in [0.25, 0.3) is 0 Å². The second kappa shape index (κ2) is 4.74. The molecule has 0 spiro atoms. The zero-order valence-corrected chi connectivity index (χ0v) is 15.2. The minimum Gasteiger partial charge on any atom is -0.390 e. The Kier molecular flexibility index (Phi) is 3.34. The number of fused-ring (bicyclic) bond motifs is 5. The van der Waals surface area contributed by atoms with E-state index in [2.05, 4.69) is 27.7 Å². The molecule has 0 aromatic rings. The van der Waals surface area contributed by atoms with Gasteiger partial charge in [-0.15, -0.1) is 0 Å². The molecule has 0 aromatic carbocycles. The first kappa shape index (κ1) is 15.5. The van der Waals surface area contributed by atoms with Gasteiger partial charge in [-0.25, -0.2) is 0 Å². The van der Waals surface area contributed by atoms with Crippen molar-refractivity contribution in [3.05, 3.63) is 0 Å². The molecule has 0 saturated heterocycles. The van der Waals surface area contributed by atoms with Crippen molar-refractivity contribution in [1.82, 2.24) is 0 Å². The van der Waals surface area contributed by atoms with E-state index in [-0.39, 0.29) is 5.60 Å². The van der Waals surface area contributed by atoms with Crippen molar-refractivity contribution in [2.45, 2.75) is 91.1 Å². The molecule has 1 N–H and O–H groups in total. The molecule has 4 fully saturated rings. The second-order valence-electron chi connectivity index (χ2n) is 10.6. The van der Waals surface area contributed by atoms with E-state index >= 15 is 0 Å². The first-order valence-corrected chi connectivity index (χ1v) is 9.96.